The Kier molecular flexibility index (Phi) is 5.49. The van der Waals surface area contributed by atoms with E-state index in [4.69, 9.17) is 0 Å². The van der Waals surface area contributed by atoms with E-state index in [2.05, 4.69) is 5.32 Å². The maximum atomic E-state index is 12.5. The van der Waals surface area contributed by atoms with Gasteiger partial charge >= 0.3 is 5.69 Å². The lowest BCUT2D eigenvalue weighted by Gasteiger charge is -2.23. The molecular formula is C16H23ClN4O2. The minimum Gasteiger partial charge on any atom is -0.340 e. The lowest BCUT2D eigenvalue weighted by atomic mass is 10.2. The van der Waals surface area contributed by atoms with Crippen molar-refractivity contribution < 1.29 is 4.79 Å². The van der Waals surface area contributed by atoms with Gasteiger partial charge in [0.25, 0.3) is 0 Å². The molecule has 7 heteroatoms. The topological polar surface area (TPSA) is 59.3 Å². The Morgan fingerprint density at radius 2 is 1.96 bits per heavy atom. The van der Waals surface area contributed by atoms with Crippen molar-refractivity contribution in [2.45, 2.75) is 32.5 Å². The van der Waals surface area contributed by atoms with E-state index in [1.165, 1.54) is 0 Å². The number of rotatable bonds is 4. The van der Waals surface area contributed by atoms with Gasteiger partial charge in [0.2, 0.25) is 5.91 Å². The van der Waals surface area contributed by atoms with E-state index in [0.717, 1.165) is 30.5 Å². The molecule has 0 radical (unpaired) electrons. The van der Waals surface area contributed by atoms with Crippen LogP contribution >= 0.6 is 12.4 Å². The second-order valence-electron chi connectivity index (χ2n) is 5.75. The first-order valence-corrected chi connectivity index (χ1v) is 7.78. The van der Waals surface area contributed by atoms with E-state index in [9.17, 15) is 9.59 Å². The Bertz CT molecular complexity index is 746. The van der Waals surface area contributed by atoms with Crippen molar-refractivity contribution >= 4 is 29.3 Å². The van der Waals surface area contributed by atoms with Crippen molar-refractivity contribution in [2.75, 3.05) is 20.1 Å². The van der Waals surface area contributed by atoms with Gasteiger partial charge in [-0.1, -0.05) is 12.1 Å². The fourth-order valence-electron chi connectivity index (χ4n) is 3.15. The molecule has 1 amide bonds. The monoisotopic (exact) mass is 338 g/mol. The number of nitrogens with zero attached hydrogens (tertiary/aromatic N) is 3. The summed E-state index contributed by atoms with van der Waals surface area (Å²) in [6.45, 7) is 4.41. The first kappa shape index (κ1) is 17.6. The molecule has 23 heavy (non-hydrogen) atoms. The number of amides is 1. The highest BCUT2D eigenvalue weighted by molar-refractivity contribution is 5.85. The van der Waals surface area contributed by atoms with Gasteiger partial charge in [0, 0.05) is 26.2 Å². The minimum absolute atomic E-state index is 0. The number of para-hydroxylation sites is 2. The van der Waals surface area contributed by atoms with E-state index >= 15 is 0 Å². The zero-order chi connectivity index (χ0) is 15.7. The van der Waals surface area contributed by atoms with Crippen LogP contribution in [0.5, 0.6) is 0 Å². The summed E-state index contributed by atoms with van der Waals surface area (Å²) < 4.78 is 3.29. The normalized spacial score (nSPS) is 17.2. The molecule has 1 unspecified atom stereocenters. The average molecular weight is 339 g/mol. The summed E-state index contributed by atoms with van der Waals surface area (Å²) in [6.07, 6.45) is 0.966. The largest absolute Gasteiger partial charge is 0.340 e. The Morgan fingerprint density at radius 1 is 1.30 bits per heavy atom. The number of likely N-dealkylation sites (N-methyl/N-ethyl adjacent to an activating group) is 1. The second kappa shape index (κ2) is 7.19. The summed E-state index contributed by atoms with van der Waals surface area (Å²) in [5.41, 5.74) is 1.59. The molecule has 0 aliphatic carbocycles. The SMILES string of the molecule is CCn1c(=O)n(CC(=O)N(C)C2CCNC2)c2ccccc21.Cl. The number of hydrogen-bond acceptors (Lipinski definition) is 3. The smallest absolute Gasteiger partial charge is 0.329 e. The summed E-state index contributed by atoms with van der Waals surface area (Å²) in [5, 5.41) is 3.26. The molecule has 1 N–H and O–H groups in total. The third-order valence-corrected chi connectivity index (χ3v) is 4.51. The lowest BCUT2D eigenvalue weighted by Crippen LogP contribution is -2.41. The van der Waals surface area contributed by atoms with Gasteiger partial charge in [-0.2, -0.15) is 0 Å². The molecule has 1 aromatic heterocycles. The fourth-order valence-corrected chi connectivity index (χ4v) is 3.15. The Balaban J connectivity index is 0.00000192. The van der Waals surface area contributed by atoms with E-state index in [0.29, 0.717) is 6.54 Å². The molecule has 1 aromatic carbocycles. The summed E-state index contributed by atoms with van der Waals surface area (Å²) in [6, 6.07) is 7.85. The number of halogens is 1. The van der Waals surface area contributed by atoms with Crippen LogP contribution in [0.1, 0.15) is 13.3 Å². The molecule has 2 heterocycles. The molecule has 3 rings (SSSR count). The second-order valence-corrected chi connectivity index (χ2v) is 5.75. The lowest BCUT2D eigenvalue weighted by molar-refractivity contribution is -0.132. The van der Waals surface area contributed by atoms with E-state index in [1.807, 2.05) is 38.2 Å². The van der Waals surface area contributed by atoms with Crippen molar-refractivity contribution in [3.63, 3.8) is 0 Å². The van der Waals surface area contributed by atoms with Gasteiger partial charge in [-0.25, -0.2) is 4.79 Å². The summed E-state index contributed by atoms with van der Waals surface area (Å²) in [7, 11) is 1.82. The van der Waals surface area contributed by atoms with Gasteiger partial charge in [0.05, 0.1) is 11.0 Å². The van der Waals surface area contributed by atoms with Gasteiger partial charge in [-0.3, -0.25) is 13.9 Å². The Labute approximate surface area is 141 Å². The van der Waals surface area contributed by atoms with Crippen LogP contribution in [0.3, 0.4) is 0 Å². The molecule has 1 aliphatic rings. The quantitative estimate of drug-likeness (QED) is 0.907. The number of carbonyl (C=O) groups excluding carboxylic acids is 1. The highest BCUT2D eigenvalue weighted by Gasteiger charge is 2.24. The van der Waals surface area contributed by atoms with E-state index in [1.54, 1.807) is 14.0 Å². The van der Waals surface area contributed by atoms with Crippen LogP contribution in [0.2, 0.25) is 0 Å². The van der Waals surface area contributed by atoms with Crippen LogP contribution in [0.15, 0.2) is 29.1 Å². The summed E-state index contributed by atoms with van der Waals surface area (Å²) >= 11 is 0. The molecule has 1 atom stereocenters. The molecule has 2 aromatic rings. The highest BCUT2D eigenvalue weighted by Crippen LogP contribution is 2.14. The average Bonchev–Trinajstić information content (AvgIpc) is 3.14. The molecule has 1 aliphatic heterocycles. The number of aromatic nitrogens is 2. The number of aryl methyl sites for hydroxylation is 1. The predicted octanol–water partition coefficient (Wildman–Crippen LogP) is 1.07. The predicted molar refractivity (Wildman–Crippen MR) is 93.2 cm³/mol. The third kappa shape index (κ3) is 3.14. The van der Waals surface area contributed by atoms with Crippen molar-refractivity contribution in [1.29, 1.82) is 0 Å². The number of fused-ring (bicyclic) bond motifs is 1. The summed E-state index contributed by atoms with van der Waals surface area (Å²) in [4.78, 5) is 26.8. The van der Waals surface area contributed by atoms with Gasteiger partial charge in [-0.05, 0) is 32.0 Å². The molecule has 0 spiro atoms. The first-order valence-electron chi connectivity index (χ1n) is 7.78. The van der Waals surface area contributed by atoms with Gasteiger partial charge in [0.1, 0.15) is 6.54 Å². The third-order valence-electron chi connectivity index (χ3n) is 4.51. The van der Waals surface area contributed by atoms with Crippen LogP contribution < -0.4 is 11.0 Å². The molecule has 126 valence electrons. The van der Waals surface area contributed by atoms with Gasteiger partial charge in [-0.15, -0.1) is 12.4 Å². The zero-order valence-corrected chi connectivity index (χ0v) is 14.3. The van der Waals surface area contributed by atoms with Crippen molar-refractivity contribution in [3.8, 4) is 0 Å². The van der Waals surface area contributed by atoms with Gasteiger partial charge in [0.15, 0.2) is 0 Å². The maximum Gasteiger partial charge on any atom is 0.329 e. The molecule has 6 nitrogen and oxygen atoms in total. The number of nitrogens with one attached hydrogen (secondary N) is 1. The standard InChI is InChI=1S/C16H22N4O2.ClH/c1-3-19-13-6-4-5-7-14(13)20(16(19)22)11-15(21)18(2)12-8-9-17-10-12;/h4-7,12,17H,3,8-11H2,1-2H3;1H. The number of benzene rings is 1. The minimum atomic E-state index is -0.116. The molecule has 1 saturated heterocycles. The van der Waals surface area contributed by atoms with Crippen LogP contribution in [0.25, 0.3) is 11.0 Å². The van der Waals surface area contributed by atoms with Crippen molar-refractivity contribution in [1.82, 2.24) is 19.4 Å². The number of hydrogen-bond donors (Lipinski definition) is 1. The van der Waals surface area contributed by atoms with E-state index < -0.39 is 0 Å². The molecule has 0 bridgehead atoms. The van der Waals surface area contributed by atoms with Crippen LogP contribution in [-0.4, -0.2) is 46.1 Å². The van der Waals surface area contributed by atoms with Crippen LogP contribution in [0, 0.1) is 0 Å². The first-order chi connectivity index (χ1) is 10.6. The van der Waals surface area contributed by atoms with Gasteiger partial charge < -0.3 is 10.2 Å². The Morgan fingerprint density at radius 3 is 2.52 bits per heavy atom. The molecular weight excluding hydrogens is 316 g/mol. The zero-order valence-electron chi connectivity index (χ0n) is 13.5. The molecule has 1 fully saturated rings. The van der Waals surface area contributed by atoms with E-state index in [-0.39, 0.29) is 36.6 Å². The van der Waals surface area contributed by atoms with Crippen LogP contribution in [0.4, 0.5) is 0 Å². The summed E-state index contributed by atoms with van der Waals surface area (Å²) in [5.74, 6) is -0.0187. The number of imidazole rings is 1. The molecule has 0 saturated carbocycles. The van der Waals surface area contributed by atoms with Crippen molar-refractivity contribution in [2.24, 2.45) is 0 Å². The van der Waals surface area contributed by atoms with Crippen molar-refractivity contribution in [3.05, 3.63) is 34.7 Å². The number of carbonyl (C=O) groups is 1. The Hall–Kier alpha value is -1.79. The fraction of sp³-hybridized carbons (Fsp3) is 0.500. The highest BCUT2D eigenvalue weighted by atomic mass is 35.5. The van der Waals surface area contributed by atoms with Crippen LogP contribution in [-0.2, 0) is 17.9 Å². The maximum absolute atomic E-state index is 12.5.